The highest BCUT2D eigenvalue weighted by Gasteiger charge is 2.45. The van der Waals surface area contributed by atoms with Crippen LogP contribution in [0.25, 0.3) is 5.69 Å². The summed E-state index contributed by atoms with van der Waals surface area (Å²) in [6.45, 7) is 0. The fourth-order valence-electron chi connectivity index (χ4n) is 2.31. The number of aromatic nitrogens is 3. The lowest BCUT2D eigenvalue weighted by Gasteiger charge is -2.38. The average molecular weight is 286 g/mol. The van der Waals surface area contributed by atoms with Crippen LogP contribution in [0.1, 0.15) is 29.8 Å². The second-order valence-electron chi connectivity index (χ2n) is 5.04. The number of carbonyl (C=O) groups excluding carboxylic acids is 1. The van der Waals surface area contributed by atoms with E-state index in [0.29, 0.717) is 18.5 Å². The van der Waals surface area contributed by atoms with Crippen molar-refractivity contribution in [2.24, 2.45) is 0 Å². The van der Waals surface area contributed by atoms with E-state index in [0.717, 1.165) is 6.42 Å². The Balaban J connectivity index is 1.82. The first kappa shape index (κ1) is 13.3. The van der Waals surface area contributed by atoms with Crippen molar-refractivity contribution >= 4 is 11.9 Å². The van der Waals surface area contributed by atoms with E-state index in [2.05, 4.69) is 15.4 Å². The normalized spacial score (nSPS) is 16.0. The minimum atomic E-state index is -1.14. The summed E-state index contributed by atoms with van der Waals surface area (Å²) >= 11 is 0. The molecule has 1 amide bonds. The molecule has 1 aliphatic rings. The molecule has 0 unspecified atom stereocenters. The van der Waals surface area contributed by atoms with Crippen molar-refractivity contribution in [2.45, 2.75) is 24.8 Å². The van der Waals surface area contributed by atoms with E-state index in [4.69, 9.17) is 0 Å². The minimum absolute atomic E-state index is 0.176. The molecule has 2 aromatic rings. The molecule has 0 aliphatic heterocycles. The average Bonchev–Trinajstić information content (AvgIpc) is 2.96. The molecule has 21 heavy (non-hydrogen) atoms. The molecule has 0 bridgehead atoms. The van der Waals surface area contributed by atoms with Crippen molar-refractivity contribution in [1.82, 2.24) is 20.1 Å². The van der Waals surface area contributed by atoms with Crippen molar-refractivity contribution in [3.8, 4) is 5.69 Å². The second-order valence-corrected chi connectivity index (χ2v) is 5.04. The van der Waals surface area contributed by atoms with Gasteiger partial charge in [-0.3, -0.25) is 9.78 Å². The molecule has 0 saturated heterocycles. The SMILES string of the molecule is O=C(NC1(C(=O)O)CCC1)c1cc(-n2cccn2)ccn1. The molecule has 0 atom stereocenters. The maximum absolute atomic E-state index is 12.2. The van der Waals surface area contributed by atoms with Crippen LogP contribution in [0.5, 0.6) is 0 Å². The van der Waals surface area contributed by atoms with Crippen LogP contribution in [0.4, 0.5) is 0 Å². The lowest BCUT2D eigenvalue weighted by atomic mass is 9.76. The molecule has 2 aromatic heterocycles. The van der Waals surface area contributed by atoms with E-state index >= 15 is 0 Å². The van der Waals surface area contributed by atoms with Gasteiger partial charge in [-0.25, -0.2) is 9.48 Å². The first-order chi connectivity index (χ1) is 10.1. The van der Waals surface area contributed by atoms with Gasteiger partial charge >= 0.3 is 5.97 Å². The first-order valence-electron chi connectivity index (χ1n) is 6.63. The Morgan fingerprint density at radius 2 is 2.14 bits per heavy atom. The topological polar surface area (TPSA) is 97.1 Å². The number of carboxylic acids is 1. The highest BCUT2D eigenvalue weighted by Crippen LogP contribution is 2.32. The summed E-state index contributed by atoms with van der Waals surface area (Å²) in [4.78, 5) is 27.5. The molecule has 2 heterocycles. The third-order valence-corrected chi connectivity index (χ3v) is 3.71. The van der Waals surface area contributed by atoms with E-state index in [1.807, 2.05) is 0 Å². The number of hydrogen-bond acceptors (Lipinski definition) is 4. The summed E-state index contributed by atoms with van der Waals surface area (Å²) in [6, 6.07) is 5.07. The predicted octanol–water partition coefficient (Wildman–Crippen LogP) is 1.00. The lowest BCUT2D eigenvalue weighted by molar-refractivity contribution is -0.148. The number of aliphatic carboxylic acids is 1. The van der Waals surface area contributed by atoms with Gasteiger partial charge in [0, 0.05) is 18.6 Å². The van der Waals surface area contributed by atoms with Gasteiger partial charge in [-0.2, -0.15) is 5.10 Å². The summed E-state index contributed by atoms with van der Waals surface area (Å²) in [5.74, 6) is -1.48. The molecule has 1 saturated carbocycles. The highest BCUT2D eigenvalue weighted by molar-refractivity contribution is 5.97. The van der Waals surface area contributed by atoms with Crippen LogP contribution in [0.2, 0.25) is 0 Å². The minimum Gasteiger partial charge on any atom is -0.480 e. The van der Waals surface area contributed by atoms with Crippen molar-refractivity contribution < 1.29 is 14.7 Å². The van der Waals surface area contributed by atoms with Gasteiger partial charge in [-0.1, -0.05) is 0 Å². The molecule has 0 spiro atoms. The summed E-state index contributed by atoms with van der Waals surface area (Å²) in [7, 11) is 0. The number of carboxylic acid groups (broad SMARTS) is 1. The number of rotatable bonds is 4. The van der Waals surface area contributed by atoms with Crippen molar-refractivity contribution in [1.29, 1.82) is 0 Å². The van der Waals surface area contributed by atoms with Crippen molar-refractivity contribution in [2.75, 3.05) is 0 Å². The number of nitrogens with zero attached hydrogens (tertiary/aromatic N) is 3. The molecule has 0 aromatic carbocycles. The fraction of sp³-hybridized carbons (Fsp3) is 0.286. The summed E-state index contributed by atoms with van der Waals surface area (Å²) < 4.78 is 1.61. The molecule has 2 N–H and O–H groups in total. The molecule has 3 rings (SSSR count). The van der Waals surface area contributed by atoms with E-state index in [1.54, 1.807) is 35.3 Å². The Labute approximate surface area is 120 Å². The molecule has 7 nitrogen and oxygen atoms in total. The van der Waals surface area contributed by atoms with Crippen molar-refractivity contribution in [3.63, 3.8) is 0 Å². The fourth-order valence-corrected chi connectivity index (χ4v) is 2.31. The second kappa shape index (κ2) is 5.01. The Kier molecular flexibility index (Phi) is 3.17. The molecular formula is C14H14N4O3. The van der Waals surface area contributed by atoms with Gasteiger partial charge in [0.2, 0.25) is 0 Å². The Hall–Kier alpha value is -2.70. The summed E-state index contributed by atoms with van der Waals surface area (Å²) in [5.41, 5.74) is -0.269. The monoisotopic (exact) mass is 286 g/mol. The van der Waals surface area contributed by atoms with Gasteiger partial charge in [0.15, 0.2) is 0 Å². The molecule has 1 aliphatic carbocycles. The molecular weight excluding hydrogens is 272 g/mol. The third-order valence-electron chi connectivity index (χ3n) is 3.71. The van der Waals surface area contributed by atoms with Crippen LogP contribution in [0.15, 0.2) is 36.8 Å². The molecule has 0 radical (unpaired) electrons. The molecule has 108 valence electrons. The van der Waals surface area contributed by atoms with Crippen LogP contribution in [-0.4, -0.2) is 37.3 Å². The van der Waals surface area contributed by atoms with E-state index < -0.39 is 17.4 Å². The van der Waals surface area contributed by atoms with E-state index in [-0.39, 0.29) is 5.69 Å². The van der Waals surface area contributed by atoms with Gasteiger partial charge in [0.25, 0.3) is 5.91 Å². The van der Waals surface area contributed by atoms with Crippen LogP contribution >= 0.6 is 0 Å². The van der Waals surface area contributed by atoms with E-state index in [9.17, 15) is 14.7 Å². The zero-order valence-corrected chi connectivity index (χ0v) is 11.2. The lowest BCUT2D eigenvalue weighted by Crippen LogP contribution is -2.59. The standard InChI is InChI=1S/C14H14N4O3/c19-12(17-14(13(20)21)4-1-5-14)11-9-10(3-7-15-11)18-8-2-6-16-18/h2-3,6-9H,1,4-5H2,(H,17,19)(H,20,21). The molecule has 7 heteroatoms. The van der Waals surface area contributed by atoms with Gasteiger partial charge < -0.3 is 10.4 Å². The zero-order chi connectivity index (χ0) is 14.9. The largest absolute Gasteiger partial charge is 0.480 e. The number of carbonyl (C=O) groups is 2. The maximum atomic E-state index is 12.2. The number of hydrogen-bond donors (Lipinski definition) is 2. The quantitative estimate of drug-likeness (QED) is 0.874. The van der Waals surface area contributed by atoms with Crippen molar-refractivity contribution in [3.05, 3.63) is 42.5 Å². The van der Waals surface area contributed by atoms with Gasteiger partial charge in [-0.05, 0) is 37.5 Å². The van der Waals surface area contributed by atoms with Crippen LogP contribution in [0, 0.1) is 0 Å². The number of nitrogens with one attached hydrogen (secondary N) is 1. The number of pyridine rings is 1. The third kappa shape index (κ3) is 2.37. The Morgan fingerprint density at radius 1 is 1.33 bits per heavy atom. The van der Waals surface area contributed by atoms with Crippen LogP contribution in [0.3, 0.4) is 0 Å². The Morgan fingerprint density at radius 3 is 2.71 bits per heavy atom. The molecule has 1 fully saturated rings. The van der Waals surface area contributed by atoms with Gasteiger partial charge in [0.05, 0.1) is 5.69 Å². The van der Waals surface area contributed by atoms with Crippen LogP contribution in [-0.2, 0) is 4.79 Å². The van der Waals surface area contributed by atoms with Gasteiger partial charge in [0.1, 0.15) is 11.2 Å². The predicted molar refractivity (Wildman–Crippen MR) is 73.0 cm³/mol. The Bertz CT molecular complexity index is 677. The number of amides is 1. The van der Waals surface area contributed by atoms with E-state index in [1.165, 1.54) is 6.20 Å². The van der Waals surface area contributed by atoms with Gasteiger partial charge in [-0.15, -0.1) is 0 Å². The summed E-state index contributed by atoms with van der Waals surface area (Å²) in [5, 5.41) is 15.9. The zero-order valence-electron chi connectivity index (χ0n) is 11.2. The maximum Gasteiger partial charge on any atom is 0.329 e. The first-order valence-corrected chi connectivity index (χ1v) is 6.63. The van der Waals surface area contributed by atoms with Crippen LogP contribution < -0.4 is 5.32 Å². The summed E-state index contributed by atoms with van der Waals surface area (Å²) in [6.07, 6.45) is 6.59. The highest BCUT2D eigenvalue weighted by atomic mass is 16.4. The smallest absolute Gasteiger partial charge is 0.329 e.